The van der Waals surface area contributed by atoms with Gasteiger partial charge in [-0.1, -0.05) is 37.5 Å². The SMILES string of the molecule is O=C(O)C1(c2cccn2S(=O)(=O)c2ccccc2)CCCCC1. The lowest BCUT2D eigenvalue weighted by molar-refractivity contribution is -0.145. The van der Waals surface area contributed by atoms with E-state index in [1.54, 1.807) is 30.3 Å². The fraction of sp³-hybridized carbons (Fsp3) is 0.353. The van der Waals surface area contributed by atoms with Gasteiger partial charge in [-0.3, -0.25) is 4.79 Å². The number of rotatable bonds is 4. The van der Waals surface area contributed by atoms with Gasteiger partial charge in [0.05, 0.1) is 10.6 Å². The van der Waals surface area contributed by atoms with Crippen LogP contribution in [-0.2, 0) is 20.2 Å². The zero-order valence-corrected chi connectivity index (χ0v) is 13.5. The average Bonchev–Trinajstić information content (AvgIpc) is 3.07. The monoisotopic (exact) mass is 333 g/mol. The molecule has 0 atom stereocenters. The third-order valence-electron chi connectivity index (χ3n) is 4.62. The number of hydrogen-bond donors (Lipinski definition) is 1. The van der Waals surface area contributed by atoms with Crippen LogP contribution in [0.25, 0.3) is 0 Å². The minimum absolute atomic E-state index is 0.161. The van der Waals surface area contributed by atoms with Crippen LogP contribution in [0.15, 0.2) is 53.6 Å². The summed E-state index contributed by atoms with van der Waals surface area (Å²) in [6.45, 7) is 0. The van der Waals surface area contributed by atoms with Gasteiger partial charge in [-0.25, -0.2) is 12.4 Å². The maximum absolute atomic E-state index is 12.9. The molecule has 0 amide bonds. The predicted molar refractivity (Wildman–Crippen MR) is 85.9 cm³/mol. The molecule has 122 valence electrons. The van der Waals surface area contributed by atoms with Gasteiger partial charge in [-0.05, 0) is 37.1 Å². The van der Waals surface area contributed by atoms with E-state index in [9.17, 15) is 18.3 Å². The molecule has 0 bridgehead atoms. The van der Waals surface area contributed by atoms with Crippen LogP contribution >= 0.6 is 0 Å². The summed E-state index contributed by atoms with van der Waals surface area (Å²) in [5, 5.41) is 9.81. The first-order chi connectivity index (χ1) is 11.0. The van der Waals surface area contributed by atoms with Gasteiger partial charge in [0.1, 0.15) is 5.41 Å². The lowest BCUT2D eigenvalue weighted by atomic mass is 9.72. The van der Waals surface area contributed by atoms with Crippen LogP contribution < -0.4 is 0 Å². The van der Waals surface area contributed by atoms with Crippen molar-refractivity contribution >= 4 is 16.0 Å². The summed E-state index contributed by atoms with van der Waals surface area (Å²) in [4.78, 5) is 12.1. The molecule has 1 N–H and O–H groups in total. The van der Waals surface area contributed by atoms with Crippen molar-refractivity contribution in [1.29, 1.82) is 0 Å². The number of carbonyl (C=O) groups is 1. The van der Waals surface area contributed by atoms with Gasteiger partial charge in [0.15, 0.2) is 0 Å². The number of carboxylic acid groups (broad SMARTS) is 1. The lowest BCUT2D eigenvalue weighted by Gasteiger charge is -2.33. The molecule has 0 radical (unpaired) electrons. The zero-order valence-electron chi connectivity index (χ0n) is 12.7. The Labute approximate surface area is 135 Å². The normalized spacial score (nSPS) is 17.7. The van der Waals surface area contributed by atoms with E-state index in [4.69, 9.17) is 0 Å². The molecule has 1 fully saturated rings. The van der Waals surface area contributed by atoms with Crippen LogP contribution in [0.5, 0.6) is 0 Å². The zero-order chi connectivity index (χ0) is 16.5. The molecule has 1 heterocycles. The van der Waals surface area contributed by atoms with Gasteiger partial charge in [0, 0.05) is 6.20 Å². The van der Waals surface area contributed by atoms with Crippen molar-refractivity contribution in [2.45, 2.75) is 42.4 Å². The number of benzene rings is 1. The Morgan fingerprint density at radius 1 is 1.00 bits per heavy atom. The number of hydrogen-bond acceptors (Lipinski definition) is 3. The summed E-state index contributed by atoms with van der Waals surface area (Å²) in [5.74, 6) is -0.944. The summed E-state index contributed by atoms with van der Waals surface area (Å²) < 4.78 is 26.9. The molecule has 1 aliphatic rings. The molecule has 2 aromatic rings. The molecule has 1 aromatic carbocycles. The molecule has 1 aliphatic carbocycles. The smallest absolute Gasteiger partial charge is 0.315 e. The van der Waals surface area contributed by atoms with Crippen LogP contribution in [0.3, 0.4) is 0 Å². The Morgan fingerprint density at radius 3 is 2.26 bits per heavy atom. The van der Waals surface area contributed by atoms with Crippen molar-refractivity contribution in [2.24, 2.45) is 0 Å². The van der Waals surface area contributed by atoms with Crippen molar-refractivity contribution < 1.29 is 18.3 Å². The standard InChI is InChI=1S/C17H19NO4S/c19-16(20)17(11-5-2-6-12-17)15-10-7-13-18(15)23(21,22)14-8-3-1-4-9-14/h1,3-4,7-10,13H,2,5-6,11-12H2,(H,19,20). The van der Waals surface area contributed by atoms with Gasteiger partial charge < -0.3 is 5.11 Å². The van der Waals surface area contributed by atoms with Crippen molar-refractivity contribution in [3.8, 4) is 0 Å². The van der Waals surface area contributed by atoms with Crippen LogP contribution in [0.4, 0.5) is 0 Å². The van der Waals surface area contributed by atoms with Crippen LogP contribution in [0, 0.1) is 0 Å². The van der Waals surface area contributed by atoms with E-state index < -0.39 is 21.4 Å². The van der Waals surface area contributed by atoms with Crippen molar-refractivity contribution in [2.75, 3.05) is 0 Å². The second-order valence-electron chi connectivity index (χ2n) is 5.96. The first-order valence-corrected chi connectivity index (χ1v) is 9.14. The Bertz CT molecular complexity index is 802. The first kappa shape index (κ1) is 15.8. The molecule has 23 heavy (non-hydrogen) atoms. The van der Waals surface area contributed by atoms with Crippen molar-refractivity contribution in [1.82, 2.24) is 3.97 Å². The highest BCUT2D eigenvalue weighted by Crippen LogP contribution is 2.40. The number of carboxylic acids is 1. The number of nitrogens with zero attached hydrogens (tertiary/aromatic N) is 1. The van der Waals surface area contributed by atoms with Gasteiger partial charge >= 0.3 is 5.97 Å². The summed E-state index contributed by atoms with van der Waals surface area (Å²) >= 11 is 0. The number of aliphatic carboxylic acids is 1. The molecule has 3 rings (SSSR count). The third-order valence-corrected chi connectivity index (χ3v) is 6.32. The highest BCUT2D eigenvalue weighted by molar-refractivity contribution is 7.90. The minimum atomic E-state index is -3.79. The molecule has 1 aromatic heterocycles. The highest BCUT2D eigenvalue weighted by Gasteiger charge is 2.44. The van der Waals surface area contributed by atoms with Crippen molar-refractivity contribution in [3.63, 3.8) is 0 Å². The molecule has 6 heteroatoms. The fourth-order valence-corrected chi connectivity index (χ4v) is 4.84. The quantitative estimate of drug-likeness (QED) is 0.933. The van der Waals surface area contributed by atoms with E-state index in [2.05, 4.69) is 0 Å². The third kappa shape index (κ3) is 2.57. The molecule has 0 spiro atoms. The summed E-state index contributed by atoms with van der Waals surface area (Å²) in [5.41, 5.74) is -0.766. The summed E-state index contributed by atoms with van der Waals surface area (Å²) in [6.07, 6.45) is 4.96. The molecule has 0 saturated heterocycles. The van der Waals surface area contributed by atoms with Crippen LogP contribution in [-0.4, -0.2) is 23.5 Å². The Kier molecular flexibility index (Phi) is 4.02. The van der Waals surface area contributed by atoms with Gasteiger partial charge in [0.25, 0.3) is 10.0 Å². The van der Waals surface area contributed by atoms with Gasteiger partial charge in [-0.2, -0.15) is 0 Å². The molecular formula is C17H19NO4S. The lowest BCUT2D eigenvalue weighted by Crippen LogP contribution is -2.40. The predicted octanol–water partition coefficient (Wildman–Crippen LogP) is 3.01. The second-order valence-corrected chi connectivity index (χ2v) is 7.77. The fourth-order valence-electron chi connectivity index (χ4n) is 3.39. The van der Waals surface area contributed by atoms with E-state index in [1.807, 2.05) is 0 Å². The highest BCUT2D eigenvalue weighted by atomic mass is 32.2. The Balaban J connectivity index is 2.14. The Hall–Kier alpha value is -2.08. The Morgan fingerprint density at radius 2 is 1.65 bits per heavy atom. The van der Waals surface area contributed by atoms with Crippen LogP contribution in [0.2, 0.25) is 0 Å². The van der Waals surface area contributed by atoms with E-state index in [0.717, 1.165) is 23.2 Å². The minimum Gasteiger partial charge on any atom is -0.481 e. The largest absolute Gasteiger partial charge is 0.481 e. The van der Waals surface area contributed by atoms with E-state index in [-0.39, 0.29) is 4.90 Å². The molecule has 1 saturated carbocycles. The maximum Gasteiger partial charge on any atom is 0.315 e. The summed E-state index contributed by atoms with van der Waals surface area (Å²) in [6, 6.07) is 11.3. The molecule has 0 aliphatic heterocycles. The second kappa shape index (κ2) is 5.85. The molecular weight excluding hydrogens is 314 g/mol. The topological polar surface area (TPSA) is 76.4 Å². The van der Waals surface area contributed by atoms with E-state index in [1.165, 1.54) is 18.3 Å². The maximum atomic E-state index is 12.9. The van der Waals surface area contributed by atoms with E-state index in [0.29, 0.717) is 18.5 Å². The first-order valence-electron chi connectivity index (χ1n) is 7.70. The summed E-state index contributed by atoms with van der Waals surface area (Å²) in [7, 11) is -3.79. The average molecular weight is 333 g/mol. The van der Waals surface area contributed by atoms with Gasteiger partial charge in [-0.15, -0.1) is 0 Å². The molecule has 5 nitrogen and oxygen atoms in total. The molecule has 0 unspecified atom stereocenters. The van der Waals surface area contributed by atoms with Crippen molar-refractivity contribution in [3.05, 3.63) is 54.4 Å². The van der Waals surface area contributed by atoms with Gasteiger partial charge in [0.2, 0.25) is 0 Å². The van der Waals surface area contributed by atoms with Crippen LogP contribution in [0.1, 0.15) is 37.8 Å². The van der Waals surface area contributed by atoms with E-state index >= 15 is 0 Å². The number of aromatic nitrogens is 1.